The largest absolute Gasteiger partial charge is 0.454 e. The molecule has 4 aromatic rings. The van der Waals surface area contributed by atoms with Crippen LogP contribution in [0, 0.1) is 11.3 Å². The van der Waals surface area contributed by atoms with E-state index in [-0.39, 0.29) is 11.3 Å². The molecule has 0 aliphatic heterocycles. The van der Waals surface area contributed by atoms with Crippen molar-refractivity contribution in [2.75, 3.05) is 6.61 Å². The molecule has 1 aromatic heterocycles. The average Bonchev–Trinajstić information content (AvgIpc) is 3.17. The number of fused-ring (bicyclic) bond motifs is 1. The number of hydrogen-bond acceptors (Lipinski definition) is 4. The van der Waals surface area contributed by atoms with Crippen LogP contribution in [0.3, 0.4) is 0 Å². The number of benzene rings is 3. The van der Waals surface area contributed by atoms with E-state index in [1.165, 1.54) is 6.07 Å². The molecule has 0 aliphatic rings. The number of ether oxygens (including phenoxy) is 1. The maximum Gasteiger partial charge on any atom is 0.338 e. The summed E-state index contributed by atoms with van der Waals surface area (Å²) in [5, 5.41) is 9.74. The lowest BCUT2D eigenvalue weighted by molar-refractivity contribution is 0.0475. The lowest BCUT2D eigenvalue weighted by Crippen LogP contribution is -2.15. The Morgan fingerprint density at radius 3 is 2.48 bits per heavy atom. The highest BCUT2D eigenvalue weighted by atomic mass is 16.5. The first kappa shape index (κ1) is 18.2. The molecule has 0 amide bonds. The molecule has 0 saturated heterocycles. The number of rotatable bonds is 5. The summed E-state index contributed by atoms with van der Waals surface area (Å²) >= 11 is 0. The number of para-hydroxylation sites is 1. The Hall–Kier alpha value is -4.17. The van der Waals surface area contributed by atoms with Crippen LogP contribution in [0.1, 0.15) is 26.3 Å². The van der Waals surface area contributed by atoms with Crippen molar-refractivity contribution in [1.29, 1.82) is 5.26 Å². The average molecular weight is 380 g/mol. The fourth-order valence-corrected chi connectivity index (χ4v) is 3.26. The van der Waals surface area contributed by atoms with E-state index in [4.69, 9.17) is 10.00 Å². The van der Waals surface area contributed by atoms with Crippen LogP contribution in [0.15, 0.2) is 78.9 Å². The first-order chi connectivity index (χ1) is 14.2. The number of aromatic nitrogens is 1. The number of ketones is 1. The van der Waals surface area contributed by atoms with Gasteiger partial charge in [-0.05, 0) is 29.8 Å². The highest BCUT2D eigenvalue weighted by molar-refractivity contribution is 6.14. The molecule has 29 heavy (non-hydrogen) atoms. The quantitative estimate of drug-likeness (QED) is 0.400. The lowest BCUT2D eigenvalue weighted by atomic mass is 10.0. The van der Waals surface area contributed by atoms with Crippen LogP contribution in [-0.4, -0.2) is 23.3 Å². The van der Waals surface area contributed by atoms with E-state index in [9.17, 15) is 9.59 Å². The van der Waals surface area contributed by atoms with Gasteiger partial charge < -0.3 is 9.72 Å². The summed E-state index contributed by atoms with van der Waals surface area (Å²) in [5.74, 6) is -0.942. The molecule has 0 radical (unpaired) electrons. The molecule has 3 aromatic carbocycles. The number of nitrogens with zero attached hydrogens (tertiary/aromatic N) is 1. The van der Waals surface area contributed by atoms with Gasteiger partial charge in [-0.2, -0.15) is 5.26 Å². The summed E-state index contributed by atoms with van der Waals surface area (Å²) in [6.07, 6.45) is 0. The molecule has 0 unspecified atom stereocenters. The van der Waals surface area contributed by atoms with Gasteiger partial charge in [-0.15, -0.1) is 0 Å². The van der Waals surface area contributed by atoms with E-state index >= 15 is 0 Å². The number of carbonyl (C=O) groups excluding carboxylic acids is 2. The number of hydrogen-bond donors (Lipinski definition) is 1. The first-order valence-corrected chi connectivity index (χ1v) is 9.04. The molecular formula is C24H16N2O3. The van der Waals surface area contributed by atoms with Crippen LogP contribution >= 0.6 is 0 Å². The number of esters is 1. The third-order valence-corrected chi connectivity index (χ3v) is 4.61. The summed E-state index contributed by atoms with van der Waals surface area (Å²) in [7, 11) is 0. The molecule has 5 nitrogen and oxygen atoms in total. The third kappa shape index (κ3) is 3.64. The molecule has 0 spiro atoms. The van der Waals surface area contributed by atoms with Crippen molar-refractivity contribution in [3.05, 3.63) is 95.6 Å². The van der Waals surface area contributed by atoms with Crippen molar-refractivity contribution < 1.29 is 14.3 Å². The monoisotopic (exact) mass is 380 g/mol. The Morgan fingerprint density at radius 1 is 0.931 bits per heavy atom. The van der Waals surface area contributed by atoms with Crippen LogP contribution < -0.4 is 0 Å². The number of nitriles is 1. The Kier molecular flexibility index (Phi) is 4.91. The number of carbonyl (C=O) groups is 2. The zero-order chi connectivity index (χ0) is 20.2. The van der Waals surface area contributed by atoms with Gasteiger partial charge in [0.1, 0.15) is 0 Å². The number of H-pyrrole nitrogens is 1. The fourth-order valence-electron chi connectivity index (χ4n) is 3.26. The summed E-state index contributed by atoms with van der Waals surface area (Å²) in [6.45, 7) is -0.392. The highest BCUT2D eigenvalue weighted by Crippen LogP contribution is 2.30. The van der Waals surface area contributed by atoms with Gasteiger partial charge >= 0.3 is 5.97 Å². The topological polar surface area (TPSA) is 82.9 Å². The maximum atomic E-state index is 13.0. The number of nitrogens with one attached hydrogen (secondary N) is 1. The van der Waals surface area contributed by atoms with Gasteiger partial charge in [-0.3, -0.25) is 4.79 Å². The fraction of sp³-hybridized carbons (Fsp3) is 0.0417. The molecule has 0 saturated carbocycles. The Bertz CT molecular complexity index is 1250. The lowest BCUT2D eigenvalue weighted by Gasteiger charge is -2.07. The second-order valence-corrected chi connectivity index (χ2v) is 6.48. The van der Waals surface area contributed by atoms with Crippen LogP contribution in [-0.2, 0) is 4.74 Å². The Balaban J connectivity index is 1.63. The Labute approximate surface area is 167 Å². The van der Waals surface area contributed by atoms with Crippen molar-refractivity contribution in [1.82, 2.24) is 4.98 Å². The first-order valence-electron chi connectivity index (χ1n) is 9.04. The predicted octanol–water partition coefficient (Wildman–Crippen LogP) is 4.75. The number of aromatic amines is 1. The third-order valence-electron chi connectivity index (χ3n) is 4.61. The smallest absolute Gasteiger partial charge is 0.338 e. The minimum absolute atomic E-state index is 0.235. The van der Waals surface area contributed by atoms with Gasteiger partial charge in [0.15, 0.2) is 6.61 Å². The van der Waals surface area contributed by atoms with Gasteiger partial charge in [0.2, 0.25) is 5.78 Å². The molecule has 0 aliphatic carbocycles. The minimum Gasteiger partial charge on any atom is -0.454 e. The second kappa shape index (κ2) is 7.83. The zero-order valence-corrected chi connectivity index (χ0v) is 15.4. The van der Waals surface area contributed by atoms with E-state index < -0.39 is 12.6 Å². The van der Waals surface area contributed by atoms with Gasteiger partial charge in [0, 0.05) is 10.9 Å². The van der Waals surface area contributed by atoms with Gasteiger partial charge in [-0.25, -0.2) is 4.79 Å². The molecule has 5 heteroatoms. The molecule has 1 heterocycles. The minimum atomic E-state index is -0.642. The van der Waals surface area contributed by atoms with Crippen LogP contribution in [0.4, 0.5) is 0 Å². The summed E-state index contributed by atoms with van der Waals surface area (Å²) in [4.78, 5) is 28.6. The van der Waals surface area contributed by atoms with E-state index in [1.54, 1.807) is 18.2 Å². The summed E-state index contributed by atoms with van der Waals surface area (Å²) in [5.41, 5.74) is 3.49. The van der Waals surface area contributed by atoms with Gasteiger partial charge in [0.05, 0.1) is 28.5 Å². The molecule has 0 atom stereocenters. The zero-order valence-electron chi connectivity index (χ0n) is 15.4. The summed E-state index contributed by atoms with van der Waals surface area (Å²) < 4.78 is 5.24. The van der Waals surface area contributed by atoms with Crippen molar-refractivity contribution >= 4 is 22.7 Å². The highest BCUT2D eigenvalue weighted by Gasteiger charge is 2.21. The van der Waals surface area contributed by atoms with Crippen molar-refractivity contribution in [3.63, 3.8) is 0 Å². The standard InChI is InChI=1S/C24H16N2O3/c25-14-16-7-6-10-18(13-16)24(28)29-15-21(27)22-19-11-4-5-12-20(19)26-23(22)17-8-2-1-3-9-17/h1-13,26H,15H2. The molecule has 0 fully saturated rings. The molecular weight excluding hydrogens is 364 g/mol. The number of Topliss-reactive ketones (excluding diaryl/α,β-unsaturated/α-hetero) is 1. The second-order valence-electron chi connectivity index (χ2n) is 6.48. The SMILES string of the molecule is N#Cc1cccc(C(=O)OCC(=O)c2c(-c3ccccc3)[nH]c3ccccc23)c1. The molecule has 1 N–H and O–H groups in total. The van der Waals surface area contributed by atoms with Crippen molar-refractivity contribution in [2.45, 2.75) is 0 Å². The van der Waals surface area contributed by atoms with Crippen molar-refractivity contribution in [3.8, 4) is 17.3 Å². The van der Waals surface area contributed by atoms with Crippen LogP contribution in [0.25, 0.3) is 22.2 Å². The maximum absolute atomic E-state index is 13.0. The van der Waals surface area contributed by atoms with Crippen LogP contribution in [0.5, 0.6) is 0 Å². The van der Waals surface area contributed by atoms with E-state index in [0.717, 1.165) is 16.5 Å². The molecule has 4 rings (SSSR count). The van der Waals surface area contributed by atoms with E-state index in [2.05, 4.69) is 4.98 Å². The summed E-state index contributed by atoms with van der Waals surface area (Å²) in [6, 6.07) is 25.2. The predicted molar refractivity (Wildman–Crippen MR) is 110 cm³/mol. The normalized spacial score (nSPS) is 10.4. The van der Waals surface area contributed by atoms with Crippen LogP contribution in [0.2, 0.25) is 0 Å². The van der Waals surface area contributed by atoms with Crippen molar-refractivity contribution in [2.24, 2.45) is 0 Å². The van der Waals surface area contributed by atoms with Gasteiger partial charge in [0.25, 0.3) is 0 Å². The van der Waals surface area contributed by atoms with Gasteiger partial charge in [-0.1, -0.05) is 54.6 Å². The molecule has 140 valence electrons. The molecule has 0 bridgehead atoms. The van der Waals surface area contributed by atoms with E-state index in [1.807, 2.05) is 60.7 Å². The van der Waals surface area contributed by atoms with E-state index in [0.29, 0.717) is 16.8 Å². The Morgan fingerprint density at radius 2 is 1.69 bits per heavy atom.